The van der Waals surface area contributed by atoms with Gasteiger partial charge in [-0.1, -0.05) is 18.2 Å². The lowest BCUT2D eigenvalue weighted by atomic mass is 10.1. The van der Waals surface area contributed by atoms with Gasteiger partial charge >= 0.3 is 6.09 Å². The first-order valence-corrected chi connectivity index (χ1v) is 11.6. The van der Waals surface area contributed by atoms with Crippen molar-refractivity contribution in [3.63, 3.8) is 0 Å². The second kappa shape index (κ2) is 11.4. The number of aromatic nitrogens is 1. The Hall–Kier alpha value is -3.98. The first-order valence-electron chi connectivity index (χ1n) is 11.6. The van der Waals surface area contributed by atoms with Crippen molar-refractivity contribution in [1.29, 1.82) is 0 Å². The summed E-state index contributed by atoms with van der Waals surface area (Å²) in [6, 6.07) is 17.1. The Morgan fingerprint density at radius 1 is 1.06 bits per heavy atom. The molecule has 0 unspecified atom stereocenters. The van der Waals surface area contributed by atoms with E-state index in [9.17, 15) is 9.59 Å². The second-order valence-corrected chi connectivity index (χ2v) is 8.43. The number of rotatable bonds is 8. The second-order valence-electron chi connectivity index (χ2n) is 8.43. The minimum atomic E-state index is -0.726. The van der Waals surface area contributed by atoms with Gasteiger partial charge in [0.05, 0.1) is 12.8 Å². The Balaban J connectivity index is 1.37. The monoisotopic (exact) mass is 477 g/mol. The van der Waals surface area contributed by atoms with Crippen molar-refractivity contribution in [1.82, 2.24) is 9.88 Å². The summed E-state index contributed by atoms with van der Waals surface area (Å²) in [4.78, 5) is 32.1. The van der Waals surface area contributed by atoms with Gasteiger partial charge in [0.2, 0.25) is 5.75 Å². The minimum absolute atomic E-state index is 0.0741. The van der Waals surface area contributed by atoms with E-state index in [1.54, 1.807) is 19.2 Å². The Morgan fingerprint density at radius 3 is 2.57 bits per heavy atom. The molecule has 0 radical (unpaired) electrons. The molecule has 3 aromatic rings. The molecule has 1 amide bonds. The highest BCUT2D eigenvalue weighted by Gasteiger charge is 2.16. The summed E-state index contributed by atoms with van der Waals surface area (Å²) in [5.41, 5.74) is 2.72. The molecule has 0 aliphatic carbocycles. The van der Waals surface area contributed by atoms with Gasteiger partial charge in [-0.05, 0) is 55.4 Å². The zero-order valence-electron chi connectivity index (χ0n) is 20.0. The molecule has 1 aliphatic heterocycles. The van der Waals surface area contributed by atoms with Crippen molar-refractivity contribution in [3.8, 4) is 11.5 Å². The lowest BCUT2D eigenvalue weighted by Gasteiger charge is -2.34. The molecular weight excluding hydrogens is 446 g/mol. The van der Waals surface area contributed by atoms with Crippen LogP contribution in [0.4, 0.5) is 21.9 Å². The summed E-state index contributed by atoms with van der Waals surface area (Å²) in [6.45, 7) is 4.39. The van der Waals surface area contributed by atoms with E-state index in [4.69, 9.17) is 9.47 Å². The number of amides is 1. The van der Waals surface area contributed by atoms with Gasteiger partial charge in [-0.15, -0.1) is 0 Å². The number of ether oxygens (including phenoxy) is 2. The highest BCUT2D eigenvalue weighted by atomic mass is 16.6. The van der Waals surface area contributed by atoms with Crippen LogP contribution in [0.5, 0.6) is 11.5 Å². The third kappa shape index (κ3) is 6.54. The van der Waals surface area contributed by atoms with E-state index in [2.05, 4.69) is 32.5 Å². The molecule has 184 valence electrons. The number of pyridine rings is 1. The van der Waals surface area contributed by atoms with Gasteiger partial charge in [-0.2, -0.15) is 0 Å². The van der Waals surface area contributed by atoms with Gasteiger partial charge in [0, 0.05) is 50.3 Å². The van der Waals surface area contributed by atoms with E-state index in [1.165, 1.54) is 6.20 Å². The quantitative estimate of drug-likeness (QED) is 0.457. The highest BCUT2D eigenvalue weighted by Crippen LogP contribution is 2.23. The van der Waals surface area contributed by atoms with Crippen molar-refractivity contribution >= 4 is 23.2 Å². The topological polar surface area (TPSA) is 98.9 Å². The summed E-state index contributed by atoms with van der Waals surface area (Å²) in [7, 11) is 3.74. The van der Waals surface area contributed by atoms with Gasteiger partial charge in [-0.3, -0.25) is 10.1 Å². The van der Waals surface area contributed by atoms with Crippen molar-refractivity contribution < 1.29 is 14.3 Å². The summed E-state index contributed by atoms with van der Waals surface area (Å²) in [5.74, 6) is 0.724. The first-order chi connectivity index (χ1) is 17.0. The van der Waals surface area contributed by atoms with Crippen LogP contribution in [-0.2, 0) is 6.42 Å². The SMILES string of the molecule is COc1ccc(CCNc2cc[nH]c(=O)c2OC(=O)Nc2cccc(N3CCN(C)CC3)c2)cc1. The molecule has 2 aromatic carbocycles. The number of H-pyrrole nitrogens is 1. The summed E-state index contributed by atoms with van der Waals surface area (Å²) in [6.07, 6.45) is 1.51. The van der Waals surface area contributed by atoms with Crippen molar-refractivity contribution in [2.75, 3.05) is 62.4 Å². The molecule has 9 heteroatoms. The van der Waals surface area contributed by atoms with Crippen LogP contribution in [0.25, 0.3) is 0 Å². The average Bonchev–Trinajstić information content (AvgIpc) is 2.87. The van der Waals surface area contributed by atoms with E-state index in [0.29, 0.717) is 17.9 Å². The van der Waals surface area contributed by atoms with E-state index in [-0.39, 0.29) is 5.75 Å². The average molecular weight is 478 g/mol. The van der Waals surface area contributed by atoms with Crippen molar-refractivity contribution in [3.05, 3.63) is 76.7 Å². The molecule has 35 heavy (non-hydrogen) atoms. The fraction of sp³-hybridized carbons (Fsp3) is 0.308. The van der Waals surface area contributed by atoms with Crippen LogP contribution < -0.4 is 30.6 Å². The van der Waals surface area contributed by atoms with Crippen LogP contribution in [-0.4, -0.2) is 62.9 Å². The summed E-state index contributed by atoms with van der Waals surface area (Å²) in [5, 5.41) is 5.92. The molecule has 9 nitrogen and oxygen atoms in total. The van der Waals surface area contributed by atoms with Gasteiger partial charge in [-0.25, -0.2) is 4.79 Å². The number of nitrogens with one attached hydrogen (secondary N) is 3. The van der Waals surface area contributed by atoms with E-state index in [0.717, 1.165) is 49.6 Å². The molecule has 2 heterocycles. The minimum Gasteiger partial charge on any atom is -0.497 e. The summed E-state index contributed by atoms with van der Waals surface area (Å²) >= 11 is 0. The molecular formula is C26H31N5O4. The number of carbonyl (C=O) groups excluding carboxylic acids is 1. The number of anilines is 3. The highest BCUT2D eigenvalue weighted by molar-refractivity contribution is 5.87. The smallest absolute Gasteiger partial charge is 0.417 e. The Kier molecular flexibility index (Phi) is 7.89. The van der Waals surface area contributed by atoms with Gasteiger partial charge in [0.15, 0.2) is 0 Å². The maximum atomic E-state index is 12.6. The predicted molar refractivity (Wildman–Crippen MR) is 138 cm³/mol. The molecule has 0 bridgehead atoms. The standard InChI is InChI=1S/C26H31N5O4/c1-30-14-16-31(17-15-30)21-5-3-4-20(18-21)29-26(33)35-24-23(11-13-28-25(24)32)27-12-10-19-6-8-22(34-2)9-7-19/h3-9,11,13,18H,10,12,14-17H2,1-2H3,(H,29,33)(H2,27,28,32). The third-order valence-electron chi connectivity index (χ3n) is 5.96. The Morgan fingerprint density at radius 2 is 1.83 bits per heavy atom. The van der Waals surface area contributed by atoms with Gasteiger partial charge < -0.3 is 29.6 Å². The first kappa shape index (κ1) is 24.2. The zero-order valence-corrected chi connectivity index (χ0v) is 20.0. The number of methoxy groups -OCH3 is 1. The fourth-order valence-corrected chi connectivity index (χ4v) is 3.92. The Labute approximate surface area is 204 Å². The number of benzene rings is 2. The van der Waals surface area contributed by atoms with Crippen LogP contribution in [0.1, 0.15) is 5.56 Å². The molecule has 1 fully saturated rings. The molecule has 1 aromatic heterocycles. The van der Waals surface area contributed by atoms with E-state index in [1.807, 2.05) is 42.5 Å². The largest absolute Gasteiger partial charge is 0.497 e. The number of piperazine rings is 1. The van der Waals surface area contributed by atoms with Gasteiger partial charge in [0.1, 0.15) is 5.75 Å². The molecule has 1 aliphatic rings. The number of hydrogen-bond acceptors (Lipinski definition) is 7. The lowest BCUT2D eigenvalue weighted by Crippen LogP contribution is -2.44. The molecule has 0 spiro atoms. The molecule has 0 atom stereocenters. The normalized spacial score (nSPS) is 13.8. The van der Waals surface area contributed by atoms with Crippen LogP contribution in [0.15, 0.2) is 65.6 Å². The van der Waals surface area contributed by atoms with E-state index < -0.39 is 11.7 Å². The Bertz CT molecular complexity index is 1190. The lowest BCUT2D eigenvalue weighted by molar-refractivity contribution is 0.214. The molecule has 3 N–H and O–H groups in total. The molecule has 1 saturated heterocycles. The van der Waals surface area contributed by atoms with Crippen LogP contribution in [0, 0.1) is 0 Å². The maximum absolute atomic E-state index is 12.6. The number of likely N-dealkylation sites (N-methyl/N-ethyl adjacent to an activating group) is 1. The zero-order chi connectivity index (χ0) is 24.6. The van der Waals surface area contributed by atoms with Crippen LogP contribution in [0.2, 0.25) is 0 Å². The number of nitrogens with zero attached hydrogens (tertiary/aromatic N) is 2. The maximum Gasteiger partial charge on any atom is 0.417 e. The summed E-state index contributed by atoms with van der Waals surface area (Å²) < 4.78 is 10.6. The third-order valence-corrected chi connectivity index (χ3v) is 5.96. The molecule has 0 saturated carbocycles. The van der Waals surface area contributed by atoms with Crippen molar-refractivity contribution in [2.45, 2.75) is 6.42 Å². The molecule has 4 rings (SSSR count). The number of carbonyl (C=O) groups is 1. The van der Waals surface area contributed by atoms with Crippen LogP contribution in [0.3, 0.4) is 0 Å². The predicted octanol–water partition coefficient (Wildman–Crippen LogP) is 3.40. The number of aromatic amines is 1. The van der Waals surface area contributed by atoms with Gasteiger partial charge in [0.25, 0.3) is 5.56 Å². The van der Waals surface area contributed by atoms with Crippen molar-refractivity contribution in [2.24, 2.45) is 0 Å². The van der Waals surface area contributed by atoms with E-state index >= 15 is 0 Å². The van der Waals surface area contributed by atoms with Crippen LogP contribution >= 0.6 is 0 Å². The fourth-order valence-electron chi connectivity index (χ4n) is 3.92. The number of hydrogen-bond donors (Lipinski definition) is 3.